The van der Waals surface area contributed by atoms with Gasteiger partial charge < -0.3 is 29.3 Å². The standard InChI is InChI=1S/C20H27FN4O5S/c1-3-28-18(31)22-12-15-13-25(20(27)30-15)14-5-6-17(16(21)11-14)23-7-9-24(10-8-23)19(26)29-4-2/h5-6,11,15H,3-4,7-10,12-13H2,1-2H3,(H,22,31). The number of hydrogen-bond acceptors (Lipinski definition) is 7. The molecular weight excluding hydrogens is 427 g/mol. The van der Waals surface area contributed by atoms with Gasteiger partial charge in [-0.15, -0.1) is 0 Å². The van der Waals surface area contributed by atoms with Crippen LogP contribution >= 0.6 is 12.2 Å². The molecule has 0 spiro atoms. The molecule has 9 nitrogen and oxygen atoms in total. The van der Waals surface area contributed by atoms with E-state index in [9.17, 15) is 14.0 Å². The molecule has 0 aliphatic carbocycles. The van der Waals surface area contributed by atoms with Crippen LogP contribution in [0.1, 0.15) is 13.8 Å². The fraction of sp³-hybridized carbons (Fsp3) is 0.550. The summed E-state index contributed by atoms with van der Waals surface area (Å²) in [6, 6.07) is 4.67. The highest BCUT2D eigenvalue weighted by molar-refractivity contribution is 7.80. The summed E-state index contributed by atoms with van der Waals surface area (Å²) in [5, 5.41) is 3.13. The van der Waals surface area contributed by atoms with Crippen LogP contribution in [-0.4, -0.2) is 80.8 Å². The van der Waals surface area contributed by atoms with Gasteiger partial charge in [-0.25, -0.2) is 14.0 Å². The number of carbonyl (C=O) groups is 2. The number of ether oxygens (including phenoxy) is 3. The molecule has 0 aromatic heterocycles. The summed E-state index contributed by atoms with van der Waals surface area (Å²) in [6.45, 7) is 6.84. The number of cyclic esters (lactones) is 1. The van der Waals surface area contributed by atoms with Crippen LogP contribution in [0.4, 0.5) is 25.4 Å². The molecule has 31 heavy (non-hydrogen) atoms. The summed E-state index contributed by atoms with van der Waals surface area (Å²) >= 11 is 5.00. The molecule has 2 heterocycles. The molecule has 170 valence electrons. The highest BCUT2D eigenvalue weighted by atomic mass is 32.1. The Bertz CT molecular complexity index is 819. The Morgan fingerprint density at radius 3 is 2.58 bits per heavy atom. The van der Waals surface area contributed by atoms with E-state index < -0.39 is 18.0 Å². The number of rotatable bonds is 6. The lowest BCUT2D eigenvalue weighted by molar-refractivity contribution is 0.105. The first-order valence-electron chi connectivity index (χ1n) is 10.3. The normalized spacial score (nSPS) is 18.6. The number of hydrogen-bond donors (Lipinski definition) is 1. The van der Waals surface area contributed by atoms with E-state index >= 15 is 0 Å². The predicted octanol–water partition coefficient (Wildman–Crippen LogP) is 2.34. The fourth-order valence-electron chi connectivity index (χ4n) is 3.48. The molecule has 2 aliphatic heterocycles. The summed E-state index contributed by atoms with van der Waals surface area (Å²) in [6.07, 6.45) is -1.31. The molecule has 1 aromatic rings. The zero-order valence-electron chi connectivity index (χ0n) is 17.6. The highest BCUT2D eigenvalue weighted by Crippen LogP contribution is 2.28. The van der Waals surface area contributed by atoms with Crippen LogP contribution < -0.4 is 15.1 Å². The molecule has 0 saturated carbocycles. The second-order valence-corrected chi connectivity index (χ2v) is 7.40. The molecule has 1 aromatic carbocycles. The third-order valence-corrected chi connectivity index (χ3v) is 5.28. The molecule has 11 heteroatoms. The van der Waals surface area contributed by atoms with Gasteiger partial charge >= 0.3 is 12.2 Å². The van der Waals surface area contributed by atoms with Crippen LogP contribution in [0.2, 0.25) is 0 Å². The van der Waals surface area contributed by atoms with Gasteiger partial charge in [-0.3, -0.25) is 4.90 Å². The van der Waals surface area contributed by atoms with Crippen molar-refractivity contribution in [1.29, 1.82) is 0 Å². The zero-order chi connectivity index (χ0) is 22.4. The van der Waals surface area contributed by atoms with Crippen molar-refractivity contribution in [2.24, 2.45) is 0 Å². The number of nitrogens with one attached hydrogen (secondary N) is 1. The minimum atomic E-state index is -0.538. The maximum absolute atomic E-state index is 14.9. The molecule has 0 bridgehead atoms. The lowest BCUT2D eigenvalue weighted by Crippen LogP contribution is -2.49. The lowest BCUT2D eigenvalue weighted by atomic mass is 10.2. The van der Waals surface area contributed by atoms with Crippen molar-refractivity contribution in [2.75, 3.05) is 62.3 Å². The van der Waals surface area contributed by atoms with E-state index in [1.54, 1.807) is 24.0 Å². The SMILES string of the molecule is CCOC(=O)N1CCN(c2ccc(N3CC(CNC(=S)OCC)OC3=O)cc2F)CC1. The average Bonchev–Trinajstić information content (AvgIpc) is 3.13. The molecule has 2 fully saturated rings. The van der Waals surface area contributed by atoms with Gasteiger partial charge in [0.1, 0.15) is 11.9 Å². The molecule has 2 aliphatic rings. The van der Waals surface area contributed by atoms with Gasteiger partial charge in [-0.05, 0) is 44.3 Å². The zero-order valence-corrected chi connectivity index (χ0v) is 18.5. The van der Waals surface area contributed by atoms with Crippen molar-refractivity contribution >= 4 is 41.0 Å². The Kier molecular flexibility index (Phi) is 7.72. The molecule has 2 saturated heterocycles. The molecule has 1 unspecified atom stereocenters. The second kappa shape index (κ2) is 10.5. The Balaban J connectivity index is 1.58. The number of benzene rings is 1. The van der Waals surface area contributed by atoms with Gasteiger partial charge in [0.15, 0.2) is 0 Å². The number of halogens is 1. The minimum absolute atomic E-state index is 0.246. The van der Waals surface area contributed by atoms with E-state index in [0.29, 0.717) is 57.3 Å². The Morgan fingerprint density at radius 2 is 1.94 bits per heavy atom. The van der Waals surface area contributed by atoms with Gasteiger partial charge in [-0.1, -0.05) is 0 Å². The van der Waals surface area contributed by atoms with Crippen molar-refractivity contribution in [3.8, 4) is 0 Å². The summed E-state index contributed by atoms with van der Waals surface area (Å²) in [5.74, 6) is -0.436. The first-order chi connectivity index (χ1) is 14.9. The summed E-state index contributed by atoms with van der Waals surface area (Å²) in [7, 11) is 0. The monoisotopic (exact) mass is 454 g/mol. The van der Waals surface area contributed by atoms with Gasteiger partial charge in [0.2, 0.25) is 0 Å². The van der Waals surface area contributed by atoms with E-state index in [-0.39, 0.29) is 17.8 Å². The van der Waals surface area contributed by atoms with Crippen molar-refractivity contribution in [3.05, 3.63) is 24.0 Å². The molecule has 1 atom stereocenters. The number of piperazine rings is 1. The van der Waals surface area contributed by atoms with Gasteiger partial charge in [0.25, 0.3) is 5.17 Å². The maximum atomic E-state index is 14.9. The second-order valence-electron chi connectivity index (χ2n) is 7.03. The van der Waals surface area contributed by atoms with Crippen LogP contribution in [0, 0.1) is 5.82 Å². The van der Waals surface area contributed by atoms with E-state index in [0.717, 1.165) is 0 Å². The van der Waals surface area contributed by atoms with E-state index in [1.165, 1.54) is 11.0 Å². The predicted molar refractivity (Wildman–Crippen MR) is 117 cm³/mol. The van der Waals surface area contributed by atoms with Crippen LogP contribution in [0.15, 0.2) is 18.2 Å². The topological polar surface area (TPSA) is 83.6 Å². The third kappa shape index (κ3) is 5.66. The Morgan fingerprint density at radius 1 is 1.23 bits per heavy atom. The fourth-order valence-corrected chi connectivity index (χ4v) is 3.68. The molecule has 1 N–H and O–H groups in total. The Hall–Kier alpha value is -2.82. The van der Waals surface area contributed by atoms with Crippen LogP contribution in [0.25, 0.3) is 0 Å². The number of amides is 2. The largest absolute Gasteiger partial charge is 0.471 e. The number of nitrogens with zero attached hydrogens (tertiary/aromatic N) is 3. The number of thiocarbonyl (C=S) groups is 1. The molecular formula is C20H27FN4O5S. The Labute approximate surface area is 186 Å². The third-order valence-electron chi connectivity index (χ3n) is 5.01. The smallest absolute Gasteiger partial charge is 0.414 e. The van der Waals surface area contributed by atoms with Crippen molar-refractivity contribution < 1.29 is 28.2 Å². The molecule has 2 amide bonds. The lowest BCUT2D eigenvalue weighted by Gasteiger charge is -2.35. The van der Waals surface area contributed by atoms with Gasteiger partial charge in [-0.2, -0.15) is 0 Å². The van der Waals surface area contributed by atoms with Crippen molar-refractivity contribution in [3.63, 3.8) is 0 Å². The average molecular weight is 455 g/mol. The molecule has 0 radical (unpaired) electrons. The quantitative estimate of drug-likeness (QED) is 0.656. The summed E-state index contributed by atoms with van der Waals surface area (Å²) < 4.78 is 30.3. The first-order valence-corrected chi connectivity index (χ1v) is 10.7. The van der Waals surface area contributed by atoms with Crippen molar-refractivity contribution in [2.45, 2.75) is 20.0 Å². The minimum Gasteiger partial charge on any atom is -0.471 e. The maximum Gasteiger partial charge on any atom is 0.414 e. The van der Waals surface area contributed by atoms with Crippen LogP contribution in [0.3, 0.4) is 0 Å². The van der Waals surface area contributed by atoms with E-state index in [4.69, 9.17) is 26.4 Å². The number of anilines is 2. The first kappa shape index (κ1) is 22.9. The van der Waals surface area contributed by atoms with Gasteiger partial charge in [0.05, 0.1) is 37.7 Å². The van der Waals surface area contributed by atoms with E-state index in [1.807, 2.05) is 11.8 Å². The van der Waals surface area contributed by atoms with Crippen LogP contribution in [-0.2, 0) is 14.2 Å². The van der Waals surface area contributed by atoms with E-state index in [2.05, 4.69) is 5.32 Å². The van der Waals surface area contributed by atoms with Gasteiger partial charge in [0, 0.05) is 26.2 Å². The molecule has 3 rings (SSSR count). The van der Waals surface area contributed by atoms with Crippen molar-refractivity contribution in [1.82, 2.24) is 10.2 Å². The van der Waals surface area contributed by atoms with Crippen LogP contribution in [0.5, 0.6) is 0 Å². The summed E-state index contributed by atoms with van der Waals surface area (Å²) in [5.41, 5.74) is 0.853. The highest BCUT2D eigenvalue weighted by Gasteiger charge is 2.33. The number of carbonyl (C=O) groups excluding carboxylic acids is 2. The summed E-state index contributed by atoms with van der Waals surface area (Å²) in [4.78, 5) is 28.9.